The molecule has 0 aromatic carbocycles. The van der Waals surface area contributed by atoms with E-state index < -0.39 is 0 Å². The number of hydrogen-bond donors (Lipinski definition) is 1. The topological polar surface area (TPSA) is 61.4 Å². The van der Waals surface area contributed by atoms with Crippen LogP contribution in [-0.4, -0.2) is 49.6 Å². The van der Waals surface area contributed by atoms with Crippen LogP contribution in [0.4, 0.5) is 11.8 Å². The van der Waals surface area contributed by atoms with Crippen molar-refractivity contribution in [1.29, 1.82) is 0 Å². The molecule has 6 nitrogen and oxygen atoms in total. The smallest absolute Gasteiger partial charge is 0.226 e. The Balaban J connectivity index is 1.84. The fourth-order valence-electron chi connectivity index (χ4n) is 2.73. The van der Waals surface area contributed by atoms with Gasteiger partial charge in [-0.25, -0.2) is 4.98 Å². The molecule has 2 heterocycles. The molecule has 1 aromatic rings. The van der Waals surface area contributed by atoms with E-state index >= 15 is 0 Å². The highest BCUT2D eigenvalue weighted by molar-refractivity contribution is 5.78. The molecule has 128 valence electrons. The highest BCUT2D eigenvalue weighted by atomic mass is 16.1. The van der Waals surface area contributed by atoms with Crippen LogP contribution in [0.2, 0.25) is 0 Å². The van der Waals surface area contributed by atoms with E-state index in [4.69, 9.17) is 0 Å². The van der Waals surface area contributed by atoms with E-state index in [1.54, 1.807) is 6.20 Å². The maximum atomic E-state index is 12.2. The van der Waals surface area contributed by atoms with Gasteiger partial charge in [-0.1, -0.05) is 13.8 Å². The summed E-state index contributed by atoms with van der Waals surface area (Å²) in [7, 11) is 3.87. The summed E-state index contributed by atoms with van der Waals surface area (Å²) >= 11 is 0. The molecule has 1 aliphatic rings. The molecule has 0 spiro atoms. The predicted octanol–water partition coefficient (Wildman–Crippen LogP) is 1.92. The fraction of sp³-hybridized carbons (Fsp3) is 0.706. The second-order valence-corrected chi connectivity index (χ2v) is 6.84. The molecule has 1 fully saturated rings. The summed E-state index contributed by atoms with van der Waals surface area (Å²) in [6.45, 7) is 6.87. The number of nitrogens with zero attached hydrogens (tertiary/aromatic N) is 4. The van der Waals surface area contributed by atoms with Crippen molar-refractivity contribution in [3.63, 3.8) is 0 Å². The summed E-state index contributed by atoms with van der Waals surface area (Å²) in [6.07, 6.45) is 4.60. The van der Waals surface area contributed by atoms with E-state index in [1.165, 1.54) is 0 Å². The third kappa shape index (κ3) is 5.08. The Bertz CT molecular complexity index is 509. The Morgan fingerprint density at radius 3 is 2.70 bits per heavy atom. The number of amides is 1. The maximum Gasteiger partial charge on any atom is 0.226 e. The number of nitrogens with one attached hydrogen (secondary N) is 1. The molecule has 1 saturated heterocycles. The Labute approximate surface area is 139 Å². The first-order chi connectivity index (χ1) is 11.0. The van der Waals surface area contributed by atoms with E-state index in [-0.39, 0.29) is 11.8 Å². The molecule has 0 atom stereocenters. The molecule has 23 heavy (non-hydrogen) atoms. The van der Waals surface area contributed by atoms with Gasteiger partial charge in [-0.15, -0.1) is 0 Å². The minimum Gasteiger partial charge on any atom is -0.356 e. The first kappa shape index (κ1) is 17.5. The standard InChI is InChI=1S/C17H29N5O/c1-13(2)5-9-18-16(23)14-7-11-22(12-8-14)15-6-10-19-17(20-15)21(3)4/h6,10,13-14H,5,7-9,11-12H2,1-4H3,(H,18,23). The zero-order chi connectivity index (χ0) is 16.8. The van der Waals surface area contributed by atoms with Crippen molar-refractivity contribution in [1.82, 2.24) is 15.3 Å². The van der Waals surface area contributed by atoms with Crippen LogP contribution in [0.3, 0.4) is 0 Å². The lowest BCUT2D eigenvalue weighted by Crippen LogP contribution is -2.41. The van der Waals surface area contributed by atoms with Gasteiger partial charge in [0.15, 0.2) is 0 Å². The van der Waals surface area contributed by atoms with Gasteiger partial charge in [-0.3, -0.25) is 4.79 Å². The van der Waals surface area contributed by atoms with Gasteiger partial charge in [0.05, 0.1) is 0 Å². The molecular weight excluding hydrogens is 290 g/mol. The van der Waals surface area contributed by atoms with Gasteiger partial charge in [-0.05, 0) is 31.2 Å². The number of carbonyl (C=O) groups is 1. The fourth-order valence-corrected chi connectivity index (χ4v) is 2.73. The van der Waals surface area contributed by atoms with Crippen LogP contribution < -0.4 is 15.1 Å². The van der Waals surface area contributed by atoms with E-state index in [0.29, 0.717) is 5.92 Å². The van der Waals surface area contributed by atoms with Crippen molar-refractivity contribution in [3.05, 3.63) is 12.3 Å². The largest absolute Gasteiger partial charge is 0.356 e. The molecule has 0 bridgehead atoms. The van der Waals surface area contributed by atoms with Crippen LogP contribution in [-0.2, 0) is 4.79 Å². The zero-order valence-electron chi connectivity index (χ0n) is 14.7. The summed E-state index contributed by atoms with van der Waals surface area (Å²) in [6, 6.07) is 1.94. The van der Waals surface area contributed by atoms with E-state index in [1.807, 2.05) is 25.1 Å². The number of rotatable bonds is 6. The van der Waals surface area contributed by atoms with Gasteiger partial charge in [0.25, 0.3) is 0 Å². The molecule has 1 amide bonds. The second-order valence-electron chi connectivity index (χ2n) is 6.84. The summed E-state index contributed by atoms with van der Waals surface area (Å²) in [5.41, 5.74) is 0. The summed E-state index contributed by atoms with van der Waals surface area (Å²) in [5.74, 6) is 2.63. The van der Waals surface area contributed by atoms with Gasteiger partial charge >= 0.3 is 0 Å². The molecule has 1 aliphatic heterocycles. The van der Waals surface area contributed by atoms with Crippen LogP contribution in [0.25, 0.3) is 0 Å². The lowest BCUT2D eigenvalue weighted by atomic mass is 9.96. The Morgan fingerprint density at radius 2 is 2.09 bits per heavy atom. The third-order valence-corrected chi connectivity index (χ3v) is 4.24. The highest BCUT2D eigenvalue weighted by Gasteiger charge is 2.25. The van der Waals surface area contributed by atoms with E-state index in [9.17, 15) is 4.79 Å². The van der Waals surface area contributed by atoms with Crippen molar-refractivity contribution < 1.29 is 4.79 Å². The lowest BCUT2D eigenvalue weighted by Gasteiger charge is -2.32. The van der Waals surface area contributed by atoms with Crippen LogP contribution in [0, 0.1) is 11.8 Å². The van der Waals surface area contributed by atoms with Crippen molar-refractivity contribution in [2.75, 3.05) is 43.5 Å². The SMILES string of the molecule is CC(C)CCNC(=O)C1CCN(c2ccnc(N(C)C)n2)CC1. The molecule has 0 saturated carbocycles. The summed E-state index contributed by atoms with van der Waals surface area (Å²) < 4.78 is 0. The van der Waals surface area contributed by atoms with E-state index in [2.05, 4.69) is 34.0 Å². The van der Waals surface area contributed by atoms with Crippen LogP contribution in [0.5, 0.6) is 0 Å². The predicted molar refractivity (Wildman–Crippen MR) is 93.8 cm³/mol. The summed E-state index contributed by atoms with van der Waals surface area (Å²) in [4.78, 5) is 25.2. The van der Waals surface area contributed by atoms with Crippen molar-refractivity contribution >= 4 is 17.7 Å². The van der Waals surface area contributed by atoms with Gasteiger partial charge in [0.1, 0.15) is 5.82 Å². The second kappa shape index (κ2) is 8.13. The first-order valence-electron chi connectivity index (χ1n) is 8.50. The van der Waals surface area contributed by atoms with Crippen molar-refractivity contribution in [2.45, 2.75) is 33.1 Å². The number of anilines is 2. The lowest BCUT2D eigenvalue weighted by molar-refractivity contribution is -0.125. The highest BCUT2D eigenvalue weighted by Crippen LogP contribution is 2.22. The van der Waals surface area contributed by atoms with Crippen molar-refractivity contribution in [3.8, 4) is 0 Å². The average molecular weight is 319 g/mol. The van der Waals surface area contributed by atoms with Crippen molar-refractivity contribution in [2.24, 2.45) is 11.8 Å². The first-order valence-corrected chi connectivity index (χ1v) is 8.50. The van der Waals surface area contributed by atoms with Gasteiger partial charge in [0, 0.05) is 45.8 Å². The average Bonchev–Trinajstić information content (AvgIpc) is 2.54. The molecule has 6 heteroatoms. The number of piperidine rings is 1. The number of hydrogen-bond acceptors (Lipinski definition) is 5. The molecule has 1 aromatic heterocycles. The van der Waals surface area contributed by atoms with Gasteiger partial charge in [0.2, 0.25) is 11.9 Å². The maximum absolute atomic E-state index is 12.2. The monoisotopic (exact) mass is 319 g/mol. The van der Waals surface area contributed by atoms with E-state index in [0.717, 1.165) is 50.7 Å². The minimum atomic E-state index is 0.133. The molecule has 1 N–H and O–H groups in total. The third-order valence-electron chi connectivity index (χ3n) is 4.24. The molecule has 2 rings (SSSR count). The Morgan fingerprint density at radius 1 is 1.39 bits per heavy atom. The van der Waals surface area contributed by atoms with Crippen LogP contribution in [0.15, 0.2) is 12.3 Å². The molecule has 0 aliphatic carbocycles. The van der Waals surface area contributed by atoms with Gasteiger partial charge < -0.3 is 15.1 Å². The normalized spacial score (nSPS) is 15.8. The Kier molecular flexibility index (Phi) is 6.19. The number of carbonyl (C=O) groups excluding carboxylic acids is 1. The quantitative estimate of drug-likeness (QED) is 0.868. The minimum absolute atomic E-state index is 0.133. The van der Waals surface area contributed by atoms with Gasteiger partial charge in [-0.2, -0.15) is 4.98 Å². The molecule has 0 radical (unpaired) electrons. The molecule has 0 unspecified atom stereocenters. The van der Waals surface area contributed by atoms with Crippen LogP contribution >= 0.6 is 0 Å². The summed E-state index contributed by atoms with van der Waals surface area (Å²) in [5, 5.41) is 3.07. The number of aromatic nitrogens is 2. The van der Waals surface area contributed by atoms with Crippen LogP contribution in [0.1, 0.15) is 33.1 Å². The molecular formula is C17H29N5O. The Hall–Kier alpha value is -1.85. The zero-order valence-corrected chi connectivity index (χ0v) is 14.7.